The molecule has 1 aromatic heterocycles. The first-order valence-electron chi connectivity index (χ1n) is 10.3. The molecule has 0 unspecified atom stereocenters. The van der Waals surface area contributed by atoms with Crippen LogP contribution in [0.15, 0.2) is 75.9 Å². The molecule has 8 nitrogen and oxygen atoms in total. The fraction of sp³-hybridized carbons (Fsp3) is 0.120. The van der Waals surface area contributed by atoms with E-state index >= 15 is 0 Å². The molecule has 0 spiro atoms. The molecule has 0 fully saturated rings. The van der Waals surface area contributed by atoms with Crippen LogP contribution < -0.4 is 5.32 Å². The van der Waals surface area contributed by atoms with Crippen molar-refractivity contribution >= 4 is 34.7 Å². The summed E-state index contributed by atoms with van der Waals surface area (Å²) in [5.74, 6) is -0.908. The first kappa shape index (κ1) is 21.7. The smallest absolute Gasteiger partial charge is 0.336 e. The van der Waals surface area contributed by atoms with E-state index in [1.165, 1.54) is 25.3 Å². The molecule has 0 radical (unpaired) electrons. The van der Waals surface area contributed by atoms with E-state index in [1.807, 2.05) is 12.1 Å². The third-order valence-corrected chi connectivity index (χ3v) is 6.31. The summed E-state index contributed by atoms with van der Waals surface area (Å²) >= 11 is 6.28. The SMILES string of the molecule is COC(=O)C1=C(C)NC2=C(C(=O)c3ccccc32)[C@@H]1c1ccc(-c2ccc([N+](=O)[O-])cc2Cl)o1. The van der Waals surface area contributed by atoms with Crippen molar-refractivity contribution in [3.8, 4) is 11.3 Å². The second-order valence-electron chi connectivity index (χ2n) is 7.87. The standard InChI is InChI=1S/C25H17ClN2O6/c1-12-20(25(30)33-2)21(22-23(27-12)14-5-3-4-6-15(14)24(22)29)19-10-9-18(34-19)16-8-7-13(28(31)32)11-17(16)26/h3-11,21,27H,1-2H3/t21-/m1/s1. The number of ketones is 1. The largest absolute Gasteiger partial charge is 0.466 e. The van der Waals surface area contributed by atoms with E-state index in [0.29, 0.717) is 39.6 Å². The maximum atomic E-state index is 13.4. The average Bonchev–Trinajstić information content (AvgIpc) is 3.41. The first-order chi connectivity index (χ1) is 16.3. The number of dihydropyridines is 1. The van der Waals surface area contributed by atoms with Gasteiger partial charge in [0.05, 0.1) is 34.2 Å². The Morgan fingerprint density at radius 3 is 2.53 bits per heavy atom. The zero-order valence-corrected chi connectivity index (χ0v) is 18.8. The first-order valence-corrected chi connectivity index (χ1v) is 10.7. The number of nitrogens with one attached hydrogen (secondary N) is 1. The number of hydrogen-bond acceptors (Lipinski definition) is 7. The highest BCUT2D eigenvalue weighted by Gasteiger charge is 2.44. The highest BCUT2D eigenvalue weighted by molar-refractivity contribution is 6.33. The van der Waals surface area contributed by atoms with Gasteiger partial charge in [-0.1, -0.05) is 35.9 Å². The van der Waals surface area contributed by atoms with Crippen molar-refractivity contribution in [2.75, 3.05) is 7.11 Å². The number of halogens is 1. The Kier molecular flexibility index (Phi) is 5.10. The number of ether oxygens (including phenoxy) is 1. The van der Waals surface area contributed by atoms with Crippen LogP contribution in [0.25, 0.3) is 17.0 Å². The number of methoxy groups -OCH3 is 1. The number of nitro groups is 1. The Labute approximate surface area is 198 Å². The molecule has 5 rings (SSSR count). The molecule has 2 aliphatic rings. The minimum atomic E-state index is -0.811. The van der Waals surface area contributed by atoms with Gasteiger partial charge in [0.2, 0.25) is 0 Å². The van der Waals surface area contributed by atoms with E-state index in [2.05, 4.69) is 5.32 Å². The fourth-order valence-corrected chi connectivity index (χ4v) is 4.73. The minimum absolute atomic E-state index is 0.143. The van der Waals surface area contributed by atoms with Crippen LogP contribution in [-0.2, 0) is 9.53 Å². The molecule has 1 N–H and O–H groups in total. The van der Waals surface area contributed by atoms with Gasteiger partial charge in [0.25, 0.3) is 5.69 Å². The maximum Gasteiger partial charge on any atom is 0.336 e. The topological polar surface area (TPSA) is 112 Å². The number of non-ortho nitro benzene ring substituents is 1. The lowest BCUT2D eigenvalue weighted by molar-refractivity contribution is -0.384. The van der Waals surface area contributed by atoms with Crippen LogP contribution >= 0.6 is 11.6 Å². The van der Waals surface area contributed by atoms with Crippen LogP contribution in [0.1, 0.15) is 34.5 Å². The normalized spacial score (nSPS) is 16.8. The number of benzene rings is 2. The van der Waals surface area contributed by atoms with Gasteiger partial charge in [-0.3, -0.25) is 14.9 Å². The van der Waals surface area contributed by atoms with Crippen molar-refractivity contribution in [2.45, 2.75) is 12.8 Å². The van der Waals surface area contributed by atoms with E-state index in [-0.39, 0.29) is 22.1 Å². The quantitative estimate of drug-likeness (QED) is 0.311. The molecule has 34 heavy (non-hydrogen) atoms. The molecular formula is C25H17ClN2O6. The predicted octanol–water partition coefficient (Wildman–Crippen LogP) is 5.25. The Balaban J connectivity index is 1.65. The highest BCUT2D eigenvalue weighted by Crippen LogP contribution is 2.47. The molecule has 0 amide bonds. The van der Waals surface area contributed by atoms with Crippen LogP contribution in [0.2, 0.25) is 5.02 Å². The van der Waals surface area contributed by atoms with Crippen molar-refractivity contribution < 1.29 is 23.7 Å². The lowest BCUT2D eigenvalue weighted by Crippen LogP contribution is -2.28. The Morgan fingerprint density at radius 1 is 1.12 bits per heavy atom. The lowest BCUT2D eigenvalue weighted by atomic mass is 9.83. The number of nitrogens with zero attached hydrogens (tertiary/aromatic N) is 1. The summed E-state index contributed by atoms with van der Waals surface area (Å²) < 4.78 is 11.1. The summed E-state index contributed by atoms with van der Waals surface area (Å²) in [6, 6.07) is 14.6. The number of carbonyl (C=O) groups excluding carboxylic acids is 2. The lowest BCUT2D eigenvalue weighted by Gasteiger charge is -2.27. The van der Waals surface area contributed by atoms with Crippen LogP contribution in [0.3, 0.4) is 0 Å². The zero-order valence-electron chi connectivity index (χ0n) is 18.0. The van der Waals surface area contributed by atoms with Gasteiger partial charge < -0.3 is 14.5 Å². The van der Waals surface area contributed by atoms with Gasteiger partial charge in [0, 0.05) is 40.1 Å². The molecule has 1 aliphatic heterocycles. The van der Waals surface area contributed by atoms with Crippen molar-refractivity contribution in [3.05, 3.63) is 103 Å². The number of fused-ring (bicyclic) bond motifs is 2. The zero-order chi connectivity index (χ0) is 24.1. The second kappa shape index (κ2) is 8.00. The number of carbonyl (C=O) groups is 2. The molecule has 0 saturated carbocycles. The summed E-state index contributed by atoms with van der Waals surface area (Å²) in [7, 11) is 1.28. The number of Topliss-reactive ketones (excluding diaryl/α,β-unsaturated/α-hetero) is 1. The van der Waals surface area contributed by atoms with E-state index in [4.69, 9.17) is 20.8 Å². The summed E-state index contributed by atoms with van der Waals surface area (Å²) in [6.45, 7) is 1.74. The van der Waals surface area contributed by atoms with Gasteiger partial charge in [-0.15, -0.1) is 0 Å². The molecule has 9 heteroatoms. The van der Waals surface area contributed by atoms with E-state index in [1.54, 1.807) is 31.2 Å². The number of rotatable bonds is 4. The summed E-state index contributed by atoms with van der Waals surface area (Å²) in [5, 5.41) is 14.4. The monoisotopic (exact) mass is 476 g/mol. The third kappa shape index (κ3) is 3.22. The van der Waals surface area contributed by atoms with Crippen LogP contribution in [0.4, 0.5) is 5.69 Å². The average molecular weight is 477 g/mol. The molecule has 2 heterocycles. The molecule has 3 aromatic rings. The third-order valence-electron chi connectivity index (χ3n) is 5.99. The van der Waals surface area contributed by atoms with E-state index in [0.717, 1.165) is 5.56 Å². The van der Waals surface area contributed by atoms with Crippen molar-refractivity contribution in [1.82, 2.24) is 5.32 Å². The number of esters is 1. The van der Waals surface area contributed by atoms with Gasteiger partial charge in [-0.2, -0.15) is 0 Å². The molecule has 1 atom stereocenters. The van der Waals surface area contributed by atoms with Crippen molar-refractivity contribution in [1.29, 1.82) is 0 Å². The molecular weight excluding hydrogens is 460 g/mol. The van der Waals surface area contributed by atoms with Gasteiger partial charge in [0.15, 0.2) is 5.78 Å². The van der Waals surface area contributed by atoms with Gasteiger partial charge >= 0.3 is 5.97 Å². The van der Waals surface area contributed by atoms with Crippen LogP contribution in [0, 0.1) is 10.1 Å². The Morgan fingerprint density at radius 2 is 1.85 bits per heavy atom. The summed E-state index contributed by atoms with van der Waals surface area (Å²) in [5.41, 5.74) is 3.42. The predicted molar refractivity (Wildman–Crippen MR) is 124 cm³/mol. The van der Waals surface area contributed by atoms with Gasteiger partial charge in [-0.05, 0) is 25.1 Å². The molecule has 0 bridgehead atoms. The Hall–Kier alpha value is -4.17. The summed E-state index contributed by atoms with van der Waals surface area (Å²) in [6.07, 6.45) is 0. The van der Waals surface area contributed by atoms with Crippen molar-refractivity contribution in [3.63, 3.8) is 0 Å². The highest BCUT2D eigenvalue weighted by atomic mass is 35.5. The minimum Gasteiger partial charge on any atom is -0.466 e. The van der Waals surface area contributed by atoms with Crippen molar-refractivity contribution in [2.24, 2.45) is 0 Å². The molecule has 2 aromatic carbocycles. The molecule has 170 valence electrons. The summed E-state index contributed by atoms with van der Waals surface area (Å²) in [4.78, 5) is 36.7. The van der Waals surface area contributed by atoms with E-state index < -0.39 is 16.8 Å². The fourth-order valence-electron chi connectivity index (χ4n) is 4.46. The van der Waals surface area contributed by atoms with Crippen LogP contribution in [-0.4, -0.2) is 23.8 Å². The van der Waals surface area contributed by atoms with E-state index in [9.17, 15) is 19.7 Å². The van der Waals surface area contributed by atoms with Crippen LogP contribution in [0.5, 0.6) is 0 Å². The maximum absolute atomic E-state index is 13.4. The van der Waals surface area contributed by atoms with Gasteiger partial charge in [-0.25, -0.2) is 4.79 Å². The van der Waals surface area contributed by atoms with Gasteiger partial charge in [0.1, 0.15) is 11.5 Å². The number of allylic oxidation sites excluding steroid dienone is 2. The molecule has 1 aliphatic carbocycles. The number of hydrogen-bond donors (Lipinski definition) is 1. The number of nitro benzene ring substituents is 1. The second-order valence-corrected chi connectivity index (χ2v) is 8.28. The Bertz CT molecular complexity index is 1470. The number of furan rings is 1. The molecule has 0 saturated heterocycles.